The van der Waals surface area contributed by atoms with Gasteiger partial charge < -0.3 is 14.4 Å². The van der Waals surface area contributed by atoms with E-state index in [1.165, 1.54) is 0 Å². The molecule has 0 bridgehead atoms. The highest BCUT2D eigenvalue weighted by Crippen LogP contribution is 2.26. The molecule has 1 N–H and O–H groups in total. The quantitative estimate of drug-likeness (QED) is 0.927. The summed E-state index contributed by atoms with van der Waals surface area (Å²) in [4.78, 5) is 18.5. The Kier molecular flexibility index (Phi) is 3.92. The van der Waals surface area contributed by atoms with Gasteiger partial charge in [0.1, 0.15) is 5.65 Å². The van der Waals surface area contributed by atoms with Crippen LogP contribution < -0.4 is 0 Å². The van der Waals surface area contributed by atoms with Crippen LogP contribution in [0.15, 0.2) is 30.6 Å². The molecule has 0 radical (unpaired) electrons. The van der Waals surface area contributed by atoms with Gasteiger partial charge in [-0.3, -0.25) is 4.79 Å². The summed E-state index contributed by atoms with van der Waals surface area (Å²) in [7, 11) is 1.81. The average molecular weight is 287 g/mol. The van der Waals surface area contributed by atoms with Gasteiger partial charge >= 0.3 is 0 Å². The third-order valence-electron chi connectivity index (χ3n) is 4.30. The molecular weight excluding hydrogens is 266 g/mol. The zero-order valence-corrected chi connectivity index (χ0v) is 12.3. The van der Waals surface area contributed by atoms with E-state index in [0.29, 0.717) is 13.0 Å². The van der Waals surface area contributed by atoms with Crippen molar-refractivity contribution < 1.29 is 9.90 Å². The lowest BCUT2D eigenvalue weighted by atomic mass is 10.1. The van der Waals surface area contributed by atoms with Gasteiger partial charge in [-0.15, -0.1) is 0 Å². The van der Waals surface area contributed by atoms with E-state index in [-0.39, 0.29) is 17.9 Å². The number of hydrogen-bond acceptors (Lipinski definition) is 3. The Bertz CT molecular complexity index is 604. The summed E-state index contributed by atoms with van der Waals surface area (Å²) in [6.07, 6.45) is 6.80. The van der Waals surface area contributed by atoms with Crippen molar-refractivity contribution in [3.8, 4) is 0 Å². The molecule has 0 spiro atoms. The summed E-state index contributed by atoms with van der Waals surface area (Å²) in [5, 5.41) is 9.85. The molecule has 2 unspecified atom stereocenters. The standard InChI is InChI=1S/C16H21N3O2/c1-18(10-12-5-4-6-14(12)20)16(21)9-13-11-19-8-3-2-7-15(19)17-13/h2-3,7-8,11-12,14,20H,4-6,9-10H2,1H3. The molecule has 21 heavy (non-hydrogen) atoms. The summed E-state index contributed by atoms with van der Waals surface area (Å²) in [6.45, 7) is 0.632. The number of rotatable bonds is 4. The minimum atomic E-state index is -0.254. The second kappa shape index (κ2) is 5.85. The van der Waals surface area contributed by atoms with E-state index in [1.54, 1.807) is 4.90 Å². The van der Waals surface area contributed by atoms with Gasteiger partial charge in [-0.2, -0.15) is 0 Å². The molecule has 0 saturated heterocycles. The summed E-state index contributed by atoms with van der Waals surface area (Å²) >= 11 is 0. The van der Waals surface area contributed by atoms with Crippen molar-refractivity contribution in [1.29, 1.82) is 0 Å². The van der Waals surface area contributed by atoms with E-state index < -0.39 is 0 Å². The SMILES string of the molecule is CN(CC1CCCC1O)C(=O)Cc1cn2ccccc2n1. The largest absolute Gasteiger partial charge is 0.393 e. The Morgan fingerprint density at radius 2 is 2.33 bits per heavy atom. The molecule has 2 atom stereocenters. The second-order valence-corrected chi connectivity index (χ2v) is 5.91. The molecule has 1 saturated carbocycles. The summed E-state index contributed by atoms with van der Waals surface area (Å²) in [5.74, 6) is 0.275. The lowest BCUT2D eigenvalue weighted by Gasteiger charge is -2.23. The smallest absolute Gasteiger partial charge is 0.228 e. The lowest BCUT2D eigenvalue weighted by molar-refractivity contribution is -0.130. The summed E-state index contributed by atoms with van der Waals surface area (Å²) < 4.78 is 1.92. The van der Waals surface area contributed by atoms with Gasteiger partial charge in [0.05, 0.1) is 18.2 Å². The fourth-order valence-electron chi connectivity index (χ4n) is 3.05. The van der Waals surface area contributed by atoms with Crippen LogP contribution >= 0.6 is 0 Å². The van der Waals surface area contributed by atoms with Crippen molar-refractivity contribution >= 4 is 11.6 Å². The number of carbonyl (C=O) groups excluding carboxylic acids is 1. The molecule has 2 aromatic rings. The van der Waals surface area contributed by atoms with E-state index in [1.807, 2.05) is 42.0 Å². The number of aliphatic hydroxyl groups excluding tert-OH is 1. The third-order valence-corrected chi connectivity index (χ3v) is 4.30. The van der Waals surface area contributed by atoms with Gasteiger partial charge in [-0.25, -0.2) is 4.98 Å². The molecule has 1 aliphatic carbocycles. The average Bonchev–Trinajstić information content (AvgIpc) is 3.04. The summed E-state index contributed by atoms with van der Waals surface area (Å²) in [6, 6.07) is 5.79. The first kappa shape index (κ1) is 14.1. The maximum absolute atomic E-state index is 12.3. The minimum Gasteiger partial charge on any atom is -0.393 e. The first-order valence-corrected chi connectivity index (χ1v) is 7.48. The zero-order valence-electron chi connectivity index (χ0n) is 12.3. The van der Waals surface area contributed by atoms with Crippen LogP contribution in [-0.4, -0.2) is 45.0 Å². The van der Waals surface area contributed by atoms with Crippen molar-refractivity contribution in [1.82, 2.24) is 14.3 Å². The number of imidazole rings is 1. The molecule has 5 nitrogen and oxygen atoms in total. The van der Waals surface area contributed by atoms with Gasteiger partial charge in [0.25, 0.3) is 0 Å². The third kappa shape index (κ3) is 3.08. The number of amides is 1. The topological polar surface area (TPSA) is 57.8 Å². The fraction of sp³-hybridized carbons (Fsp3) is 0.500. The molecule has 0 aromatic carbocycles. The molecule has 2 heterocycles. The maximum Gasteiger partial charge on any atom is 0.228 e. The number of pyridine rings is 1. The second-order valence-electron chi connectivity index (χ2n) is 5.91. The highest BCUT2D eigenvalue weighted by molar-refractivity contribution is 5.78. The van der Waals surface area contributed by atoms with Crippen LogP contribution in [0.4, 0.5) is 0 Å². The molecule has 2 aromatic heterocycles. The van der Waals surface area contributed by atoms with Crippen molar-refractivity contribution in [2.45, 2.75) is 31.8 Å². The highest BCUT2D eigenvalue weighted by atomic mass is 16.3. The number of carbonyl (C=O) groups is 1. The Hall–Kier alpha value is -1.88. The van der Waals surface area contributed by atoms with Gasteiger partial charge in [0.2, 0.25) is 5.91 Å². The van der Waals surface area contributed by atoms with Gasteiger partial charge in [0.15, 0.2) is 0 Å². The van der Waals surface area contributed by atoms with Crippen molar-refractivity contribution in [3.05, 3.63) is 36.3 Å². The number of likely N-dealkylation sites (N-methyl/N-ethyl adjacent to an activating group) is 1. The predicted molar refractivity (Wildman–Crippen MR) is 79.9 cm³/mol. The van der Waals surface area contributed by atoms with E-state index >= 15 is 0 Å². The molecule has 1 fully saturated rings. The van der Waals surface area contributed by atoms with Gasteiger partial charge in [0, 0.05) is 31.9 Å². The van der Waals surface area contributed by atoms with Crippen LogP contribution in [-0.2, 0) is 11.2 Å². The van der Waals surface area contributed by atoms with Crippen LogP contribution in [0.3, 0.4) is 0 Å². The van der Waals surface area contributed by atoms with E-state index in [4.69, 9.17) is 0 Å². The van der Waals surface area contributed by atoms with Gasteiger partial charge in [-0.05, 0) is 25.0 Å². The predicted octanol–water partition coefficient (Wildman–Crippen LogP) is 1.50. The monoisotopic (exact) mass is 287 g/mol. The van der Waals surface area contributed by atoms with E-state index in [0.717, 1.165) is 30.6 Å². The first-order valence-electron chi connectivity index (χ1n) is 7.48. The lowest BCUT2D eigenvalue weighted by Crippen LogP contribution is -2.35. The van der Waals surface area contributed by atoms with Crippen molar-refractivity contribution in [2.24, 2.45) is 5.92 Å². The van der Waals surface area contributed by atoms with Crippen LogP contribution in [0.2, 0.25) is 0 Å². The Morgan fingerprint density at radius 3 is 3.05 bits per heavy atom. The Labute approximate surface area is 124 Å². The molecule has 0 aliphatic heterocycles. The van der Waals surface area contributed by atoms with Crippen LogP contribution in [0.1, 0.15) is 25.0 Å². The van der Waals surface area contributed by atoms with Crippen molar-refractivity contribution in [2.75, 3.05) is 13.6 Å². The number of fused-ring (bicyclic) bond motifs is 1. The number of nitrogens with zero attached hydrogens (tertiary/aromatic N) is 3. The molecular formula is C16H21N3O2. The normalized spacial score (nSPS) is 21.8. The Balaban J connectivity index is 1.62. The molecule has 1 aliphatic rings. The number of aromatic nitrogens is 2. The molecule has 112 valence electrons. The van der Waals surface area contributed by atoms with Crippen LogP contribution in [0.5, 0.6) is 0 Å². The van der Waals surface area contributed by atoms with Gasteiger partial charge in [-0.1, -0.05) is 12.5 Å². The molecule has 1 amide bonds. The van der Waals surface area contributed by atoms with Crippen molar-refractivity contribution in [3.63, 3.8) is 0 Å². The van der Waals surface area contributed by atoms with E-state index in [2.05, 4.69) is 4.98 Å². The minimum absolute atomic E-state index is 0.0532. The van der Waals surface area contributed by atoms with Crippen LogP contribution in [0, 0.1) is 5.92 Å². The highest BCUT2D eigenvalue weighted by Gasteiger charge is 2.27. The molecule has 3 rings (SSSR count). The number of aliphatic hydroxyl groups is 1. The first-order chi connectivity index (χ1) is 10.1. The zero-order chi connectivity index (χ0) is 14.8. The fourth-order valence-corrected chi connectivity index (χ4v) is 3.05. The van der Waals surface area contributed by atoms with Crippen LogP contribution in [0.25, 0.3) is 5.65 Å². The number of hydrogen-bond donors (Lipinski definition) is 1. The maximum atomic E-state index is 12.3. The summed E-state index contributed by atoms with van der Waals surface area (Å²) in [5.41, 5.74) is 1.64. The Morgan fingerprint density at radius 1 is 1.48 bits per heavy atom. The molecule has 5 heteroatoms. The van der Waals surface area contributed by atoms with E-state index in [9.17, 15) is 9.90 Å².